The van der Waals surface area contributed by atoms with E-state index in [-0.39, 0.29) is 0 Å². The van der Waals surface area contributed by atoms with E-state index >= 15 is 0 Å². The van der Waals surface area contributed by atoms with Gasteiger partial charge in [-0.1, -0.05) is 0 Å². The first-order chi connectivity index (χ1) is 10.8. The monoisotopic (exact) mass is 305 g/mol. The average molecular weight is 305 g/mol. The number of hydrogen-bond donors (Lipinski definition) is 2. The number of rotatable bonds is 6. The fourth-order valence-electron chi connectivity index (χ4n) is 3.42. The van der Waals surface area contributed by atoms with Crippen molar-refractivity contribution in [1.29, 1.82) is 0 Å². The highest BCUT2D eigenvalue weighted by molar-refractivity contribution is 5.48. The van der Waals surface area contributed by atoms with Crippen molar-refractivity contribution in [3.05, 3.63) is 18.5 Å². The lowest BCUT2D eigenvalue weighted by molar-refractivity contribution is 0.240. The van der Waals surface area contributed by atoms with Gasteiger partial charge in [0.2, 0.25) is 0 Å². The molecule has 22 heavy (non-hydrogen) atoms. The van der Waals surface area contributed by atoms with Gasteiger partial charge in [-0.25, -0.2) is 0 Å². The molecule has 0 amide bonds. The predicted octanol–water partition coefficient (Wildman–Crippen LogP) is 1.81. The molecule has 0 radical (unpaired) electrons. The summed E-state index contributed by atoms with van der Waals surface area (Å²) >= 11 is 0. The van der Waals surface area contributed by atoms with E-state index in [0.29, 0.717) is 18.6 Å². The molecule has 0 saturated carbocycles. The van der Waals surface area contributed by atoms with Gasteiger partial charge in [-0.15, -0.1) is 0 Å². The number of nitrogens with one attached hydrogen (secondary N) is 1. The van der Waals surface area contributed by atoms with Crippen LogP contribution in [0.1, 0.15) is 32.1 Å². The van der Waals surface area contributed by atoms with Gasteiger partial charge in [-0.05, 0) is 44.6 Å². The molecule has 122 valence electrons. The highest BCUT2D eigenvalue weighted by Crippen LogP contribution is 2.26. The Morgan fingerprint density at radius 1 is 1.27 bits per heavy atom. The smallest absolute Gasteiger partial charge is 0.139 e. The van der Waals surface area contributed by atoms with E-state index < -0.39 is 0 Å². The van der Waals surface area contributed by atoms with Gasteiger partial charge in [-0.3, -0.25) is 4.98 Å². The second kappa shape index (κ2) is 7.79. The van der Waals surface area contributed by atoms with Gasteiger partial charge in [-0.2, -0.15) is 0 Å². The number of aromatic nitrogens is 1. The minimum absolute atomic E-state index is 0.310. The van der Waals surface area contributed by atoms with Crippen LogP contribution in [0.3, 0.4) is 0 Å². The molecule has 1 atom stereocenters. The van der Waals surface area contributed by atoms with Crippen LogP contribution in [-0.2, 0) is 0 Å². The van der Waals surface area contributed by atoms with Crippen LogP contribution in [0, 0.1) is 5.92 Å². The van der Waals surface area contributed by atoms with Crippen molar-refractivity contribution in [3.8, 4) is 5.75 Å². The second-order valence-corrected chi connectivity index (χ2v) is 6.43. The number of ether oxygens (including phenoxy) is 1. The van der Waals surface area contributed by atoms with Crippen molar-refractivity contribution in [2.75, 3.05) is 37.7 Å². The summed E-state index contributed by atoms with van der Waals surface area (Å²) in [6, 6.07) is 2.59. The molecule has 1 aromatic heterocycles. The maximum Gasteiger partial charge on any atom is 0.139 e. The lowest BCUT2D eigenvalue weighted by atomic mass is 9.94. The summed E-state index contributed by atoms with van der Waals surface area (Å²) in [5.74, 6) is 1.53. The van der Waals surface area contributed by atoms with Gasteiger partial charge >= 0.3 is 0 Å². The largest absolute Gasteiger partial charge is 0.490 e. The molecule has 0 bridgehead atoms. The minimum Gasteiger partial charge on any atom is -0.490 e. The van der Waals surface area contributed by atoms with Gasteiger partial charge in [0.25, 0.3) is 0 Å². The summed E-state index contributed by atoms with van der Waals surface area (Å²) in [4.78, 5) is 6.71. The lowest BCUT2D eigenvalue weighted by Crippen LogP contribution is -2.34. The van der Waals surface area contributed by atoms with Crippen molar-refractivity contribution in [1.82, 2.24) is 10.3 Å². The number of hydrogen-bond acceptors (Lipinski definition) is 5. The number of nitrogens with zero attached hydrogens (tertiary/aromatic N) is 2. The molecule has 5 nitrogen and oxygen atoms in total. The van der Waals surface area contributed by atoms with E-state index in [9.17, 15) is 0 Å². The number of aliphatic hydroxyl groups excluding tert-OH is 1. The first-order valence-electron chi connectivity index (χ1n) is 8.52. The zero-order valence-corrected chi connectivity index (χ0v) is 13.2. The first kappa shape index (κ1) is 15.6. The normalized spacial score (nSPS) is 23.0. The molecule has 0 aliphatic carbocycles. The molecule has 2 saturated heterocycles. The second-order valence-electron chi connectivity index (χ2n) is 6.43. The molecule has 2 N–H and O–H groups in total. The SMILES string of the molecule is OCCC1CCN(c2cncc(OC[C@@H]3CCCN3)c2)CC1. The fourth-order valence-corrected chi connectivity index (χ4v) is 3.42. The van der Waals surface area contributed by atoms with Crippen molar-refractivity contribution < 1.29 is 9.84 Å². The van der Waals surface area contributed by atoms with Crippen LogP contribution >= 0.6 is 0 Å². The van der Waals surface area contributed by atoms with E-state index in [1.165, 1.54) is 12.8 Å². The van der Waals surface area contributed by atoms with Crippen LogP contribution in [0.5, 0.6) is 5.75 Å². The van der Waals surface area contributed by atoms with Gasteiger partial charge < -0.3 is 20.1 Å². The summed E-state index contributed by atoms with van der Waals surface area (Å²) in [5, 5.41) is 12.5. The summed E-state index contributed by atoms with van der Waals surface area (Å²) in [5.41, 5.74) is 1.15. The Morgan fingerprint density at radius 3 is 2.86 bits per heavy atom. The van der Waals surface area contributed by atoms with Crippen LogP contribution in [0.4, 0.5) is 5.69 Å². The van der Waals surface area contributed by atoms with E-state index in [1.54, 1.807) is 6.20 Å². The maximum absolute atomic E-state index is 9.04. The Morgan fingerprint density at radius 2 is 2.14 bits per heavy atom. The van der Waals surface area contributed by atoms with Crippen LogP contribution in [0.2, 0.25) is 0 Å². The van der Waals surface area contributed by atoms with Crippen molar-refractivity contribution in [2.45, 2.75) is 38.1 Å². The zero-order chi connectivity index (χ0) is 15.2. The van der Waals surface area contributed by atoms with E-state index in [0.717, 1.165) is 56.9 Å². The van der Waals surface area contributed by atoms with Crippen LogP contribution in [0.15, 0.2) is 18.5 Å². The Kier molecular flexibility index (Phi) is 5.51. The topological polar surface area (TPSA) is 57.6 Å². The van der Waals surface area contributed by atoms with Crippen molar-refractivity contribution >= 4 is 5.69 Å². The van der Waals surface area contributed by atoms with Crippen molar-refractivity contribution in [2.24, 2.45) is 5.92 Å². The highest BCUT2D eigenvalue weighted by Gasteiger charge is 2.20. The zero-order valence-electron chi connectivity index (χ0n) is 13.2. The molecule has 2 aliphatic rings. The summed E-state index contributed by atoms with van der Waals surface area (Å²) in [7, 11) is 0. The molecule has 0 aromatic carbocycles. The molecule has 1 aromatic rings. The summed E-state index contributed by atoms with van der Waals surface area (Å²) in [6.45, 7) is 4.23. The molecule has 2 fully saturated rings. The lowest BCUT2D eigenvalue weighted by Gasteiger charge is -2.33. The third-order valence-corrected chi connectivity index (χ3v) is 4.83. The molecule has 2 aliphatic heterocycles. The number of anilines is 1. The molecule has 5 heteroatoms. The maximum atomic E-state index is 9.04. The van der Waals surface area contributed by atoms with E-state index in [1.807, 2.05) is 6.20 Å². The number of pyridine rings is 1. The fraction of sp³-hybridized carbons (Fsp3) is 0.706. The van der Waals surface area contributed by atoms with E-state index in [2.05, 4.69) is 21.3 Å². The third-order valence-electron chi connectivity index (χ3n) is 4.83. The molecular formula is C17H27N3O2. The highest BCUT2D eigenvalue weighted by atomic mass is 16.5. The minimum atomic E-state index is 0.310. The van der Waals surface area contributed by atoms with Gasteiger partial charge in [0.15, 0.2) is 0 Å². The molecule has 3 rings (SSSR count). The Balaban J connectivity index is 1.52. The molecule has 0 unspecified atom stereocenters. The molecular weight excluding hydrogens is 278 g/mol. The van der Waals surface area contributed by atoms with Crippen LogP contribution in [0.25, 0.3) is 0 Å². The number of aliphatic hydroxyl groups is 1. The van der Waals surface area contributed by atoms with E-state index in [4.69, 9.17) is 9.84 Å². The van der Waals surface area contributed by atoms with Crippen LogP contribution in [-0.4, -0.2) is 49.0 Å². The van der Waals surface area contributed by atoms with Gasteiger partial charge in [0.05, 0.1) is 18.1 Å². The van der Waals surface area contributed by atoms with Gasteiger partial charge in [0.1, 0.15) is 12.4 Å². The Labute approximate surface area is 132 Å². The average Bonchev–Trinajstić information content (AvgIpc) is 3.08. The standard InChI is InChI=1S/C17H27N3O2/c21-9-5-14-3-7-20(8-4-14)16-10-17(12-18-11-16)22-13-15-2-1-6-19-15/h10-12,14-15,19,21H,1-9,13H2/t15-/m0/s1. The van der Waals surface area contributed by atoms with Gasteiger partial charge in [0, 0.05) is 31.8 Å². The van der Waals surface area contributed by atoms with Crippen LogP contribution < -0.4 is 15.0 Å². The number of piperidine rings is 1. The van der Waals surface area contributed by atoms with Crippen molar-refractivity contribution in [3.63, 3.8) is 0 Å². The molecule has 0 spiro atoms. The summed E-state index contributed by atoms with van der Waals surface area (Å²) in [6.07, 6.45) is 9.41. The molecule has 3 heterocycles. The quantitative estimate of drug-likeness (QED) is 0.839. The first-order valence-corrected chi connectivity index (χ1v) is 8.52. The Bertz CT molecular complexity index is 455. The summed E-state index contributed by atoms with van der Waals surface area (Å²) < 4.78 is 5.90. The third kappa shape index (κ3) is 4.11. The predicted molar refractivity (Wildman–Crippen MR) is 87.4 cm³/mol. The Hall–Kier alpha value is -1.33.